The first-order chi connectivity index (χ1) is 7.65. The first kappa shape index (κ1) is 10.7. The molecule has 0 aromatic carbocycles. The molecule has 1 aromatic rings. The second kappa shape index (κ2) is 4.00. The predicted octanol–water partition coefficient (Wildman–Crippen LogP) is 0.886. The van der Waals surface area contributed by atoms with Gasteiger partial charge in [0, 0.05) is 11.9 Å². The van der Waals surface area contributed by atoms with Crippen LogP contribution in [-0.4, -0.2) is 22.0 Å². The Bertz CT molecular complexity index is 393. The van der Waals surface area contributed by atoms with E-state index in [1.807, 2.05) is 12.1 Å². The van der Waals surface area contributed by atoms with Crippen molar-refractivity contribution in [3.8, 4) is 0 Å². The Morgan fingerprint density at radius 3 is 2.69 bits per heavy atom. The summed E-state index contributed by atoms with van der Waals surface area (Å²) in [5.74, 6) is -1.39. The Labute approximate surface area is 92.9 Å². The molecule has 0 radical (unpaired) electrons. The molecule has 5 nitrogen and oxygen atoms in total. The standard InChI is InChI=1S/C11H14N2O3/c14-9(11(10(15)16)4-2-5-11)13-7-8-3-1-6-12-8/h1,3,6,12H,2,4-5,7H2,(H,13,14)(H,15,16). The lowest BCUT2D eigenvalue weighted by atomic mass is 9.68. The lowest BCUT2D eigenvalue weighted by Crippen LogP contribution is -2.50. The SMILES string of the molecule is O=C(O)C1(C(=O)NCc2ccc[nH]2)CCC1. The Morgan fingerprint density at radius 2 is 2.25 bits per heavy atom. The molecule has 5 heteroatoms. The Hall–Kier alpha value is -1.78. The fourth-order valence-electron chi connectivity index (χ4n) is 1.89. The van der Waals surface area contributed by atoms with E-state index in [4.69, 9.17) is 5.11 Å². The topological polar surface area (TPSA) is 82.2 Å². The zero-order chi connectivity index (χ0) is 11.6. The molecule has 1 amide bonds. The smallest absolute Gasteiger partial charge is 0.319 e. The molecule has 0 unspecified atom stereocenters. The maximum Gasteiger partial charge on any atom is 0.319 e. The number of carbonyl (C=O) groups is 2. The van der Waals surface area contributed by atoms with Crippen LogP contribution in [0.15, 0.2) is 18.3 Å². The summed E-state index contributed by atoms with van der Waals surface area (Å²) < 4.78 is 0. The van der Waals surface area contributed by atoms with E-state index in [2.05, 4.69) is 10.3 Å². The van der Waals surface area contributed by atoms with Gasteiger partial charge in [-0.1, -0.05) is 6.42 Å². The molecule has 86 valence electrons. The molecular formula is C11H14N2O3. The molecule has 1 fully saturated rings. The lowest BCUT2D eigenvalue weighted by molar-refractivity contribution is -0.162. The second-order valence-corrected chi connectivity index (χ2v) is 4.12. The summed E-state index contributed by atoms with van der Waals surface area (Å²) >= 11 is 0. The molecule has 16 heavy (non-hydrogen) atoms. The summed E-state index contributed by atoms with van der Waals surface area (Å²) in [6, 6.07) is 3.67. The molecule has 1 aliphatic carbocycles. The quantitative estimate of drug-likeness (QED) is 0.661. The number of hydrogen-bond donors (Lipinski definition) is 3. The molecule has 1 heterocycles. The molecule has 3 N–H and O–H groups in total. The van der Waals surface area contributed by atoms with Crippen molar-refractivity contribution in [3.63, 3.8) is 0 Å². The average molecular weight is 222 g/mol. The van der Waals surface area contributed by atoms with Crippen LogP contribution in [0.4, 0.5) is 0 Å². The number of carbonyl (C=O) groups excluding carboxylic acids is 1. The third-order valence-electron chi connectivity index (χ3n) is 3.15. The summed E-state index contributed by atoms with van der Waals surface area (Å²) in [5, 5.41) is 11.7. The number of nitrogens with one attached hydrogen (secondary N) is 2. The van der Waals surface area contributed by atoms with E-state index in [0.29, 0.717) is 19.4 Å². The fraction of sp³-hybridized carbons (Fsp3) is 0.455. The van der Waals surface area contributed by atoms with Crippen LogP contribution < -0.4 is 5.32 Å². The molecule has 0 atom stereocenters. The van der Waals surface area contributed by atoms with Crippen LogP contribution in [-0.2, 0) is 16.1 Å². The molecule has 2 rings (SSSR count). The minimum Gasteiger partial charge on any atom is -0.480 e. The van der Waals surface area contributed by atoms with E-state index in [1.54, 1.807) is 6.20 Å². The van der Waals surface area contributed by atoms with Crippen molar-refractivity contribution in [2.75, 3.05) is 0 Å². The Morgan fingerprint density at radius 1 is 1.50 bits per heavy atom. The molecule has 0 aliphatic heterocycles. The van der Waals surface area contributed by atoms with Crippen molar-refractivity contribution >= 4 is 11.9 Å². The lowest BCUT2D eigenvalue weighted by Gasteiger charge is -2.35. The second-order valence-electron chi connectivity index (χ2n) is 4.12. The maximum absolute atomic E-state index is 11.8. The largest absolute Gasteiger partial charge is 0.480 e. The number of amides is 1. The highest BCUT2D eigenvalue weighted by Crippen LogP contribution is 2.41. The first-order valence-electron chi connectivity index (χ1n) is 5.29. The van der Waals surface area contributed by atoms with Gasteiger partial charge in [-0.15, -0.1) is 0 Å². The highest BCUT2D eigenvalue weighted by atomic mass is 16.4. The van der Waals surface area contributed by atoms with Gasteiger partial charge in [0.2, 0.25) is 5.91 Å². The van der Waals surface area contributed by atoms with Crippen LogP contribution in [0, 0.1) is 5.41 Å². The first-order valence-corrected chi connectivity index (χ1v) is 5.29. The highest BCUT2D eigenvalue weighted by molar-refractivity contribution is 6.02. The van der Waals surface area contributed by atoms with Crippen LogP contribution in [0.5, 0.6) is 0 Å². The molecule has 1 aliphatic rings. The summed E-state index contributed by atoms with van der Waals surface area (Å²) in [6.07, 6.45) is 3.46. The van der Waals surface area contributed by atoms with Gasteiger partial charge in [-0.05, 0) is 25.0 Å². The number of H-pyrrole nitrogens is 1. The van der Waals surface area contributed by atoms with Crippen molar-refractivity contribution < 1.29 is 14.7 Å². The number of carboxylic acid groups (broad SMARTS) is 1. The van der Waals surface area contributed by atoms with Gasteiger partial charge < -0.3 is 15.4 Å². The monoisotopic (exact) mass is 222 g/mol. The molecule has 0 saturated heterocycles. The van der Waals surface area contributed by atoms with Crippen molar-refractivity contribution in [1.29, 1.82) is 0 Å². The normalized spacial score (nSPS) is 17.5. The zero-order valence-corrected chi connectivity index (χ0v) is 8.82. The van der Waals surface area contributed by atoms with Gasteiger partial charge in [0.05, 0.1) is 6.54 Å². The van der Waals surface area contributed by atoms with Crippen molar-refractivity contribution in [2.45, 2.75) is 25.8 Å². The number of aliphatic carboxylic acids is 1. The zero-order valence-electron chi connectivity index (χ0n) is 8.82. The number of rotatable bonds is 4. The number of carboxylic acids is 1. The van der Waals surface area contributed by atoms with E-state index in [9.17, 15) is 9.59 Å². The molecule has 0 spiro atoms. The minimum atomic E-state index is -1.17. The van der Waals surface area contributed by atoms with Crippen LogP contribution in [0.3, 0.4) is 0 Å². The van der Waals surface area contributed by atoms with Gasteiger partial charge in [-0.3, -0.25) is 9.59 Å². The third kappa shape index (κ3) is 1.68. The summed E-state index contributed by atoms with van der Waals surface area (Å²) in [7, 11) is 0. The van der Waals surface area contributed by atoms with Crippen molar-refractivity contribution in [3.05, 3.63) is 24.0 Å². The minimum absolute atomic E-state index is 0.348. The van der Waals surface area contributed by atoms with Crippen LogP contribution in [0.25, 0.3) is 0 Å². The van der Waals surface area contributed by atoms with E-state index in [-0.39, 0.29) is 5.91 Å². The van der Waals surface area contributed by atoms with Gasteiger partial charge in [0.15, 0.2) is 0 Å². The highest BCUT2D eigenvalue weighted by Gasteiger charge is 2.50. The van der Waals surface area contributed by atoms with Gasteiger partial charge in [0.25, 0.3) is 0 Å². The van der Waals surface area contributed by atoms with Crippen LogP contribution in [0.1, 0.15) is 25.0 Å². The Kier molecular flexibility index (Phi) is 2.68. The summed E-state index contributed by atoms with van der Waals surface area (Å²) in [4.78, 5) is 25.8. The molecular weight excluding hydrogens is 208 g/mol. The molecule has 1 aromatic heterocycles. The van der Waals surface area contributed by atoms with Crippen molar-refractivity contribution in [2.24, 2.45) is 5.41 Å². The number of aromatic amines is 1. The number of aromatic nitrogens is 1. The van der Waals surface area contributed by atoms with Gasteiger partial charge in [-0.2, -0.15) is 0 Å². The average Bonchev–Trinajstić information content (AvgIpc) is 2.64. The van der Waals surface area contributed by atoms with E-state index in [0.717, 1.165) is 12.1 Å². The van der Waals surface area contributed by atoms with Gasteiger partial charge >= 0.3 is 5.97 Å². The number of hydrogen-bond acceptors (Lipinski definition) is 2. The van der Waals surface area contributed by atoms with E-state index in [1.165, 1.54) is 0 Å². The Balaban J connectivity index is 1.95. The maximum atomic E-state index is 11.8. The summed E-state index contributed by atoms with van der Waals surface area (Å²) in [6.45, 7) is 0.348. The summed E-state index contributed by atoms with van der Waals surface area (Å²) in [5.41, 5.74) is -0.305. The van der Waals surface area contributed by atoms with Crippen LogP contribution in [0.2, 0.25) is 0 Å². The van der Waals surface area contributed by atoms with E-state index >= 15 is 0 Å². The molecule has 0 bridgehead atoms. The van der Waals surface area contributed by atoms with E-state index < -0.39 is 11.4 Å². The third-order valence-corrected chi connectivity index (χ3v) is 3.15. The van der Waals surface area contributed by atoms with Crippen molar-refractivity contribution in [1.82, 2.24) is 10.3 Å². The predicted molar refractivity (Wildman–Crippen MR) is 56.6 cm³/mol. The fourth-order valence-corrected chi connectivity index (χ4v) is 1.89. The van der Waals surface area contributed by atoms with Gasteiger partial charge in [-0.25, -0.2) is 0 Å². The van der Waals surface area contributed by atoms with Gasteiger partial charge in [0.1, 0.15) is 5.41 Å². The molecule has 1 saturated carbocycles. The van der Waals surface area contributed by atoms with Crippen LogP contribution >= 0.6 is 0 Å².